The van der Waals surface area contributed by atoms with E-state index in [-0.39, 0.29) is 24.4 Å². The summed E-state index contributed by atoms with van der Waals surface area (Å²) in [5.74, 6) is 1.25. The molecule has 2 aromatic carbocycles. The van der Waals surface area contributed by atoms with E-state index >= 15 is 0 Å². The number of methoxy groups -OCH3 is 1. The van der Waals surface area contributed by atoms with E-state index in [4.69, 9.17) is 9.47 Å². The van der Waals surface area contributed by atoms with Crippen molar-refractivity contribution in [1.82, 2.24) is 5.32 Å². The van der Waals surface area contributed by atoms with Crippen molar-refractivity contribution < 1.29 is 19.1 Å². The number of carbonyl (C=O) groups excluding carboxylic acids is 2. The molecule has 7 nitrogen and oxygen atoms in total. The third kappa shape index (κ3) is 4.49. The van der Waals surface area contributed by atoms with E-state index in [1.807, 2.05) is 37.3 Å². The van der Waals surface area contributed by atoms with E-state index in [0.717, 1.165) is 5.69 Å². The molecule has 1 aliphatic rings. The Morgan fingerprint density at radius 1 is 1.22 bits per heavy atom. The van der Waals surface area contributed by atoms with Crippen LogP contribution in [0.25, 0.3) is 0 Å². The van der Waals surface area contributed by atoms with Crippen LogP contribution in [-0.4, -0.2) is 38.2 Å². The van der Waals surface area contributed by atoms with Crippen LogP contribution in [0.15, 0.2) is 48.5 Å². The molecule has 3 amide bonds. The van der Waals surface area contributed by atoms with Crippen molar-refractivity contribution in [2.75, 3.05) is 30.5 Å². The minimum Gasteiger partial charge on any atom is -0.497 e. The van der Waals surface area contributed by atoms with E-state index in [9.17, 15) is 9.59 Å². The van der Waals surface area contributed by atoms with Crippen LogP contribution in [0, 0.1) is 0 Å². The molecule has 0 aromatic heterocycles. The second-order valence-electron chi connectivity index (χ2n) is 6.13. The van der Waals surface area contributed by atoms with Crippen molar-refractivity contribution in [3.63, 3.8) is 0 Å². The molecule has 7 heteroatoms. The molecule has 1 saturated heterocycles. The van der Waals surface area contributed by atoms with Gasteiger partial charge in [-0.25, -0.2) is 4.79 Å². The summed E-state index contributed by atoms with van der Waals surface area (Å²) in [5.41, 5.74) is 1.34. The van der Waals surface area contributed by atoms with Crippen molar-refractivity contribution in [3.05, 3.63) is 48.5 Å². The van der Waals surface area contributed by atoms with Crippen LogP contribution in [0.1, 0.15) is 13.3 Å². The number of amides is 3. The number of hydrogen-bond donors (Lipinski definition) is 2. The number of nitrogens with zero attached hydrogens (tertiary/aromatic N) is 1. The first-order valence-electron chi connectivity index (χ1n) is 8.84. The van der Waals surface area contributed by atoms with Crippen LogP contribution in [0.4, 0.5) is 16.2 Å². The number of ether oxygens (including phenoxy) is 2. The summed E-state index contributed by atoms with van der Waals surface area (Å²) < 4.78 is 10.7. The van der Waals surface area contributed by atoms with Crippen LogP contribution < -0.4 is 25.0 Å². The van der Waals surface area contributed by atoms with Crippen LogP contribution in [0.2, 0.25) is 0 Å². The Morgan fingerprint density at radius 2 is 2.04 bits per heavy atom. The molecule has 1 atom stereocenters. The molecular formula is C20H23N3O4. The Labute approximate surface area is 158 Å². The number of hydrogen-bond acceptors (Lipinski definition) is 4. The topological polar surface area (TPSA) is 79.9 Å². The smallest absolute Gasteiger partial charge is 0.319 e. The second kappa shape index (κ2) is 8.44. The molecule has 0 bridgehead atoms. The lowest BCUT2D eigenvalue weighted by molar-refractivity contribution is -0.117. The number of nitrogens with one attached hydrogen (secondary N) is 2. The largest absolute Gasteiger partial charge is 0.497 e. The van der Waals surface area contributed by atoms with Gasteiger partial charge in [-0.1, -0.05) is 18.2 Å². The first-order chi connectivity index (χ1) is 13.1. The molecule has 1 heterocycles. The maximum absolute atomic E-state index is 12.4. The molecule has 142 valence electrons. The van der Waals surface area contributed by atoms with Crippen molar-refractivity contribution in [3.8, 4) is 11.5 Å². The van der Waals surface area contributed by atoms with E-state index in [1.165, 1.54) is 0 Å². The molecule has 1 aliphatic heterocycles. The van der Waals surface area contributed by atoms with E-state index in [2.05, 4.69) is 10.6 Å². The van der Waals surface area contributed by atoms with Crippen LogP contribution >= 0.6 is 0 Å². The highest BCUT2D eigenvalue weighted by Crippen LogP contribution is 2.26. The van der Waals surface area contributed by atoms with Gasteiger partial charge in [-0.15, -0.1) is 0 Å². The summed E-state index contributed by atoms with van der Waals surface area (Å²) in [6.45, 7) is 2.80. The van der Waals surface area contributed by atoms with Crippen molar-refractivity contribution in [2.45, 2.75) is 19.4 Å². The van der Waals surface area contributed by atoms with Gasteiger partial charge in [0.1, 0.15) is 11.5 Å². The molecule has 0 saturated carbocycles. The average Bonchev–Trinajstić information content (AvgIpc) is 3.03. The highest BCUT2D eigenvalue weighted by Gasteiger charge is 2.31. The molecule has 0 radical (unpaired) electrons. The van der Waals surface area contributed by atoms with Crippen LogP contribution in [0.3, 0.4) is 0 Å². The molecule has 1 fully saturated rings. The summed E-state index contributed by atoms with van der Waals surface area (Å²) >= 11 is 0. The average molecular weight is 369 g/mol. The summed E-state index contributed by atoms with van der Waals surface area (Å²) in [4.78, 5) is 26.4. The lowest BCUT2D eigenvalue weighted by atomic mass is 10.2. The van der Waals surface area contributed by atoms with Gasteiger partial charge in [-0.05, 0) is 31.2 Å². The Bertz CT molecular complexity index is 824. The Balaban J connectivity index is 1.62. The van der Waals surface area contributed by atoms with Gasteiger partial charge >= 0.3 is 6.03 Å². The molecule has 2 aromatic rings. The summed E-state index contributed by atoms with van der Waals surface area (Å²) in [6, 6.07) is 13.9. The Kier molecular flexibility index (Phi) is 5.80. The predicted octanol–water partition coefficient (Wildman–Crippen LogP) is 3.02. The zero-order chi connectivity index (χ0) is 19.2. The second-order valence-corrected chi connectivity index (χ2v) is 6.13. The van der Waals surface area contributed by atoms with Gasteiger partial charge in [-0.2, -0.15) is 0 Å². The Morgan fingerprint density at radius 3 is 2.81 bits per heavy atom. The standard InChI is InChI=1S/C20H23N3O4/c1-3-27-18-10-5-4-9-17(18)22-20(25)21-14-11-19(24)23(13-14)15-7-6-8-16(12-15)26-2/h4-10,12,14H,3,11,13H2,1-2H3,(H2,21,22,25). The van der Waals surface area contributed by atoms with Gasteiger partial charge in [0.2, 0.25) is 5.91 Å². The Hall–Kier alpha value is -3.22. The van der Waals surface area contributed by atoms with E-state index < -0.39 is 0 Å². The normalized spacial score (nSPS) is 16.1. The summed E-state index contributed by atoms with van der Waals surface area (Å²) in [5, 5.41) is 5.64. The first kappa shape index (κ1) is 18.6. The fourth-order valence-corrected chi connectivity index (χ4v) is 3.03. The van der Waals surface area contributed by atoms with Crippen molar-refractivity contribution in [1.29, 1.82) is 0 Å². The van der Waals surface area contributed by atoms with Gasteiger partial charge in [0.25, 0.3) is 0 Å². The zero-order valence-electron chi connectivity index (χ0n) is 15.4. The van der Waals surface area contributed by atoms with Crippen molar-refractivity contribution >= 4 is 23.3 Å². The quantitative estimate of drug-likeness (QED) is 0.820. The molecular weight excluding hydrogens is 346 g/mol. The van der Waals surface area contributed by atoms with Gasteiger partial charge < -0.3 is 25.0 Å². The molecule has 2 N–H and O–H groups in total. The molecule has 0 spiro atoms. The van der Waals surface area contributed by atoms with E-state index in [0.29, 0.717) is 30.3 Å². The van der Waals surface area contributed by atoms with Gasteiger partial charge in [0, 0.05) is 24.7 Å². The molecule has 1 unspecified atom stereocenters. The van der Waals surface area contributed by atoms with Gasteiger partial charge in [-0.3, -0.25) is 4.79 Å². The van der Waals surface area contributed by atoms with Crippen LogP contribution in [-0.2, 0) is 4.79 Å². The summed E-state index contributed by atoms with van der Waals surface area (Å²) in [6.07, 6.45) is 0.248. The lowest BCUT2D eigenvalue weighted by Crippen LogP contribution is -2.39. The minimum absolute atomic E-state index is 0.0386. The SMILES string of the molecule is CCOc1ccccc1NC(=O)NC1CC(=O)N(c2cccc(OC)c2)C1. The maximum atomic E-state index is 12.4. The number of anilines is 2. The minimum atomic E-state index is -0.368. The fourth-order valence-electron chi connectivity index (χ4n) is 3.03. The third-order valence-electron chi connectivity index (χ3n) is 4.26. The number of para-hydroxylation sites is 2. The lowest BCUT2D eigenvalue weighted by Gasteiger charge is -2.18. The number of rotatable bonds is 6. The summed E-state index contributed by atoms with van der Waals surface area (Å²) in [7, 11) is 1.58. The van der Waals surface area contributed by atoms with Gasteiger partial charge in [0.15, 0.2) is 0 Å². The van der Waals surface area contributed by atoms with Gasteiger partial charge in [0.05, 0.1) is 25.4 Å². The molecule has 3 rings (SSSR count). The van der Waals surface area contributed by atoms with Crippen molar-refractivity contribution in [2.24, 2.45) is 0 Å². The molecule has 27 heavy (non-hydrogen) atoms. The monoisotopic (exact) mass is 369 g/mol. The predicted molar refractivity (Wildman–Crippen MR) is 104 cm³/mol. The highest BCUT2D eigenvalue weighted by molar-refractivity contribution is 5.98. The first-order valence-corrected chi connectivity index (χ1v) is 8.84. The zero-order valence-corrected chi connectivity index (χ0v) is 15.4. The third-order valence-corrected chi connectivity index (χ3v) is 4.26. The fraction of sp³-hybridized carbons (Fsp3) is 0.300. The number of benzene rings is 2. The number of carbonyl (C=O) groups is 2. The molecule has 0 aliphatic carbocycles. The maximum Gasteiger partial charge on any atom is 0.319 e. The van der Waals surface area contributed by atoms with E-state index in [1.54, 1.807) is 30.2 Å². The number of urea groups is 1. The highest BCUT2D eigenvalue weighted by atomic mass is 16.5. The van der Waals surface area contributed by atoms with Crippen LogP contribution in [0.5, 0.6) is 11.5 Å².